The summed E-state index contributed by atoms with van der Waals surface area (Å²) in [5.41, 5.74) is 3.71. The minimum atomic E-state index is -0.0485. The molecule has 0 heterocycles. The van der Waals surface area contributed by atoms with Gasteiger partial charge in [0.1, 0.15) is 12.4 Å². The molecule has 0 aliphatic heterocycles. The van der Waals surface area contributed by atoms with Crippen LogP contribution in [-0.4, -0.2) is 43.3 Å². The lowest BCUT2D eigenvalue weighted by molar-refractivity contribution is -0.116. The van der Waals surface area contributed by atoms with E-state index in [1.165, 1.54) is 18.1 Å². The Labute approximate surface area is 161 Å². The van der Waals surface area contributed by atoms with Gasteiger partial charge in [0.05, 0.1) is 0 Å². The molecule has 0 saturated heterocycles. The number of ketones is 1. The zero-order valence-corrected chi connectivity index (χ0v) is 16.5. The van der Waals surface area contributed by atoms with Gasteiger partial charge >= 0.3 is 0 Å². The molecular formula is C22H28N2O3. The van der Waals surface area contributed by atoms with Gasteiger partial charge in [0.25, 0.3) is 0 Å². The highest BCUT2D eigenvalue weighted by Gasteiger charge is 2.07. The molecule has 144 valence electrons. The number of ether oxygens (including phenoxy) is 1. The van der Waals surface area contributed by atoms with Crippen molar-refractivity contribution in [1.29, 1.82) is 0 Å². The molecule has 0 unspecified atom stereocenters. The maximum Gasteiger partial charge on any atom is 0.225 e. The molecule has 0 radical (unpaired) electrons. The molecule has 27 heavy (non-hydrogen) atoms. The predicted molar refractivity (Wildman–Crippen MR) is 109 cm³/mol. The first-order valence-electron chi connectivity index (χ1n) is 9.14. The van der Waals surface area contributed by atoms with E-state index in [-0.39, 0.29) is 11.7 Å². The lowest BCUT2D eigenvalue weighted by Gasteiger charge is -2.17. The average Bonchev–Trinajstić information content (AvgIpc) is 2.59. The summed E-state index contributed by atoms with van der Waals surface area (Å²) in [6.45, 7) is 7.60. The summed E-state index contributed by atoms with van der Waals surface area (Å²) in [5, 5.41) is 2.85. The summed E-state index contributed by atoms with van der Waals surface area (Å²) < 4.78 is 5.80. The van der Waals surface area contributed by atoms with Crippen molar-refractivity contribution < 1.29 is 14.3 Å². The molecule has 0 bridgehead atoms. The average molecular weight is 368 g/mol. The molecule has 0 aromatic heterocycles. The Kier molecular flexibility index (Phi) is 7.55. The normalized spacial score (nSPS) is 10.7. The van der Waals surface area contributed by atoms with Gasteiger partial charge in [0.15, 0.2) is 5.78 Å². The fourth-order valence-electron chi connectivity index (χ4n) is 2.75. The number of carbonyl (C=O) groups is 2. The van der Waals surface area contributed by atoms with Gasteiger partial charge in [-0.15, -0.1) is 0 Å². The van der Waals surface area contributed by atoms with Gasteiger partial charge in [-0.05, 0) is 75.3 Å². The molecule has 1 N–H and O–H groups in total. The monoisotopic (exact) mass is 368 g/mol. The Bertz CT molecular complexity index is 764. The van der Waals surface area contributed by atoms with Crippen molar-refractivity contribution in [2.45, 2.75) is 27.2 Å². The molecular weight excluding hydrogens is 340 g/mol. The molecule has 2 rings (SSSR count). The first kappa shape index (κ1) is 20.6. The quantitative estimate of drug-likeness (QED) is 0.683. The van der Waals surface area contributed by atoms with Crippen LogP contribution < -0.4 is 10.1 Å². The van der Waals surface area contributed by atoms with Gasteiger partial charge in [-0.25, -0.2) is 0 Å². The zero-order valence-electron chi connectivity index (χ0n) is 16.5. The summed E-state index contributed by atoms with van der Waals surface area (Å²) in [4.78, 5) is 25.4. The number of nitrogens with zero attached hydrogens (tertiary/aromatic N) is 1. The van der Waals surface area contributed by atoms with E-state index < -0.39 is 0 Å². The van der Waals surface area contributed by atoms with Crippen LogP contribution in [0.3, 0.4) is 0 Å². The van der Waals surface area contributed by atoms with Crippen molar-refractivity contribution in [3.63, 3.8) is 0 Å². The van der Waals surface area contributed by atoms with E-state index in [9.17, 15) is 9.59 Å². The predicted octanol–water partition coefficient (Wildman–Crippen LogP) is 3.85. The van der Waals surface area contributed by atoms with Crippen LogP contribution in [-0.2, 0) is 4.79 Å². The molecule has 2 aromatic rings. The fraction of sp³-hybridized carbons (Fsp3) is 0.364. The van der Waals surface area contributed by atoms with Crippen LogP contribution in [0.2, 0.25) is 0 Å². The molecule has 5 heteroatoms. The highest BCUT2D eigenvalue weighted by molar-refractivity contribution is 5.95. The Morgan fingerprint density at radius 1 is 1.00 bits per heavy atom. The number of likely N-dealkylation sites (N-methyl/N-ethyl adjacent to an activating group) is 1. The topological polar surface area (TPSA) is 58.6 Å². The van der Waals surface area contributed by atoms with E-state index in [0.717, 1.165) is 12.3 Å². The van der Waals surface area contributed by atoms with Gasteiger partial charge in [0, 0.05) is 30.8 Å². The second kappa shape index (κ2) is 9.88. The summed E-state index contributed by atoms with van der Waals surface area (Å²) in [6, 6.07) is 13.1. The van der Waals surface area contributed by atoms with Gasteiger partial charge in [-0.3, -0.25) is 9.59 Å². The van der Waals surface area contributed by atoms with Crippen molar-refractivity contribution in [2.24, 2.45) is 0 Å². The number of amides is 1. The SMILES string of the molecule is CC(=O)c1ccc(NC(=O)CCN(C)CCOc2cc(C)cc(C)c2)cc1. The summed E-state index contributed by atoms with van der Waals surface area (Å²) >= 11 is 0. The maximum absolute atomic E-state index is 12.1. The van der Waals surface area contributed by atoms with E-state index in [0.29, 0.717) is 30.8 Å². The van der Waals surface area contributed by atoms with Crippen molar-refractivity contribution >= 4 is 17.4 Å². The molecule has 5 nitrogen and oxygen atoms in total. The molecule has 1 amide bonds. The van der Waals surface area contributed by atoms with Gasteiger partial charge < -0.3 is 15.0 Å². The number of rotatable bonds is 9. The molecule has 0 aliphatic rings. The number of benzene rings is 2. The highest BCUT2D eigenvalue weighted by atomic mass is 16.5. The smallest absolute Gasteiger partial charge is 0.225 e. The first-order chi connectivity index (χ1) is 12.8. The third-order valence-corrected chi connectivity index (χ3v) is 4.23. The van der Waals surface area contributed by atoms with Crippen LogP contribution >= 0.6 is 0 Å². The van der Waals surface area contributed by atoms with Gasteiger partial charge in [-0.2, -0.15) is 0 Å². The van der Waals surface area contributed by atoms with Crippen LogP contribution in [0.4, 0.5) is 5.69 Å². The number of anilines is 1. The molecule has 0 atom stereocenters. The standard InChI is InChI=1S/C22H28N2O3/c1-16-13-17(2)15-21(14-16)27-12-11-24(4)10-9-22(26)23-20-7-5-19(6-8-20)18(3)25/h5-8,13-15H,9-12H2,1-4H3,(H,23,26). The van der Waals surface area contributed by atoms with Crippen LogP contribution in [0, 0.1) is 13.8 Å². The molecule has 0 fully saturated rings. The van der Waals surface area contributed by atoms with Crippen molar-refractivity contribution in [3.05, 3.63) is 59.2 Å². The Morgan fingerprint density at radius 3 is 2.22 bits per heavy atom. The van der Waals surface area contributed by atoms with E-state index >= 15 is 0 Å². The van der Waals surface area contributed by atoms with Gasteiger partial charge in [-0.1, -0.05) is 6.07 Å². The number of aryl methyl sites for hydroxylation is 2. The molecule has 2 aromatic carbocycles. The maximum atomic E-state index is 12.1. The summed E-state index contributed by atoms with van der Waals surface area (Å²) in [7, 11) is 1.97. The fourth-order valence-corrected chi connectivity index (χ4v) is 2.75. The van der Waals surface area contributed by atoms with E-state index in [1.54, 1.807) is 24.3 Å². The van der Waals surface area contributed by atoms with Gasteiger partial charge in [0.2, 0.25) is 5.91 Å². The largest absolute Gasteiger partial charge is 0.492 e. The van der Waals surface area contributed by atoms with Crippen LogP contribution in [0.15, 0.2) is 42.5 Å². The number of carbonyl (C=O) groups excluding carboxylic acids is 2. The molecule has 0 saturated carbocycles. The third kappa shape index (κ3) is 7.23. The Morgan fingerprint density at radius 2 is 1.63 bits per heavy atom. The lowest BCUT2D eigenvalue weighted by atomic mass is 10.1. The van der Waals surface area contributed by atoms with E-state index in [4.69, 9.17) is 4.74 Å². The third-order valence-electron chi connectivity index (χ3n) is 4.23. The highest BCUT2D eigenvalue weighted by Crippen LogP contribution is 2.16. The number of Topliss-reactive ketones (excluding diaryl/α,β-unsaturated/α-hetero) is 1. The van der Waals surface area contributed by atoms with Crippen LogP contribution in [0.25, 0.3) is 0 Å². The summed E-state index contributed by atoms with van der Waals surface area (Å²) in [6.07, 6.45) is 0.397. The second-order valence-electron chi connectivity index (χ2n) is 6.91. The van der Waals surface area contributed by atoms with Crippen molar-refractivity contribution in [3.8, 4) is 5.75 Å². The Balaban J connectivity index is 1.69. The van der Waals surface area contributed by atoms with E-state index in [2.05, 4.69) is 30.1 Å². The second-order valence-corrected chi connectivity index (χ2v) is 6.91. The first-order valence-corrected chi connectivity index (χ1v) is 9.14. The number of hydrogen-bond acceptors (Lipinski definition) is 4. The Hall–Kier alpha value is -2.66. The molecule has 0 spiro atoms. The lowest BCUT2D eigenvalue weighted by Crippen LogP contribution is -2.28. The minimum Gasteiger partial charge on any atom is -0.492 e. The molecule has 0 aliphatic carbocycles. The van der Waals surface area contributed by atoms with E-state index in [1.807, 2.05) is 19.2 Å². The minimum absolute atomic E-state index is 0.0116. The van der Waals surface area contributed by atoms with Crippen molar-refractivity contribution in [1.82, 2.24) is 4.90 Å². The summed E-state index contributed by atoms with van der Waals surface area (Å²) in [5.74, 6) is 0.845. The number of nitrogens with one attached hydrogen (secondary N) is 1. The van der Waals surface area contributed by atoms with Crippen LogP contribution in [0.1, 0.15) is 34.8 Å². The zero-order chi connectivity index (χ0) is 19.8. The van der Waals surface area contributed by atoms with Crippen LogP contribution in [0.5, 0.6) is 5.75 Å². The number of hydrogen-bond donors (Lipinski definition) is 1. The van der Waals surface area contributed by atoms with Crippen molar-refractivity contribution in [2.75, 3.05) is 32.1 Å².